The van der Waals surface area contributed by atoms with Crippen molar-refractivity contribution >= 4 is 52.4 Å². The molecule has 1 rings (SSSR count). The Balaban J connectivity index is 3.30. The van der Waals surface area contributed by atoms with E-state index in [-0.39, 0.29) is 22.9 Å². The molecule has 1 heterocycles. The van der Waals surface area contributed by atoms with Gasteiger partial charge in [0.1, 0.15) is 10.7 Å². The minimum absolute atomic E-state index is 0.0222. The summed E-state index contributed by atoms with van der Waals surface area (Å²) in [5.41, 5.74) is 0.127. The van der Waals surface area contributed by atoms with Gasteiger partial charge in [0.15, 0.2) is 0 Å². The van der Waals surface area contributed by atoms with Gasteiger partial charge in [-0.2, -0.15) is 0 Å². The van der Waals surface area contributed by atoms with Gasteiger partial charge in [0, 0.05) is 11.8 Å². The molecule has 3 nitrogen and oxygen atoms in total. The normalized spacial score (nSPS) is 11.3. The number of ether oxygens (including phenoxy) is 1. The smallest absolute Gasteiger partial charge is 0.341 e. The summed E-state index contributed by atoms with van der Waals surface area (Å²) in [6.07, 6.45) is 1.35. The summed E-state index contributed by atoms with van der Waals surface area (Å²) in [6, 6.07) is 1.41. The van der Waals surface area contributed by atoms with Gasteiger partial charge in [0.25, 0.3) is 0 Å². The molecule has 0 aromatic carbocycles. The molecule has 0 saturated heterocycles. The number of carbonyl (C=O) groups is 1. The minimum Gasteiger partial charge on any atom is -0.462 e. The first-order chi connectivity index (χ1) is 7.38. The fourth-order valence-electron chi connectivity index (χ4n) is 1.07. The van der Waals surface area contributed by atoms with Crippen LogP contribution in [0.3, 0.4) is 0 Å². The molecule has 0 atom stereocenters. The number of aromatic nitrogens is 1. The predicted octanol–water partition coefficient (Wildman–Crippen LogP) is 3.74. The SMILES string of the molecule is CCOC(=O)c1c(C(Cl)(Cl)Cl)ccnc1Cl. The highest BCUT2D eigenvalue weighted by atomic mass is 35.6. The number of nitrogens with zero attached hydrogens (tertiary/aromatic N) is 1. The lowest BCUT2D eigenvalue weighted by molar-refractivity contribution is 0.0525. The molecule has 16 heavy (non-hydrogen) atoms. The second-order valence-electron chi connectivity index (χ2n) is 2.74. The number of halogens is 4. The van der Waals surface area contributed by atoms with Crippen LogP contribution in [0.2, 0.25) is 5.15 Å². The van der Waals surface area contributed by atoms with Crippen LogP contribution in [0.4, 0.5) is 0 Å². The molecule has 1 aromatic rings. The van der Waals surface area contributed by atoms with E-state index < -0.39 is 9.76 Å². The van der Waals surface area contributed by atoms with Crippen LogP contribution in [0.1, 0.15) is 22.8 Å². The maximum Gasteiger partial charge on any atom is 0.341 e. The number of rotatable bonds is 2. The van der Waals surface area contributed by atoms with Crippen LogP contribution in [0.15, 0.2) is 12.3 Å². The van der Waals surface area contributed by atoms with Crippen molar-refractivity contribution in [2.45, 2.75) is 10.7 Å². The van der Waals surface area contributed by atoms with Gasteiger partial charge in [-0.3, -0.25) is 0 Å². The summed E-state index contributed by atoms with van der Waals surface area (Å²) in [7, 11) is 0. The summed E-state index contributed by atoms with van der Waals surface area (Å²) in [6.45, 7) is 1.86. The standard InChI is InChI=1S/C9H7Cl4NO2/c1-2-16-8(15)6-5(9(11,12)13)3-4-14-7(6)10/h3-4H,2H2,1H3. The highest BCUT2D eigenvalue weighted by Gasteiger charge is 2.31. The summed E-state index contributed by atoms with van der Waals surface area (Å²) >= 11 is 22.9. The highest BCUT2D eigenvalue weighted by molar-refractivity contribution is 6.67. The van der Waals surface area contributed by atoms with Crippen molar-refractivity contribution in [3.8, 4) is 0 Å². The van der Waals surface area contributed by atoms with E-state index in [1.807, 2.05) is 0 Å². The van der Waals surface area contributed by atoms with Crippen molar-refractivity contribution in [1.29, 1.82) is 0 Å². The Morgan fingerprint density at radius 3 is 2.62 bits per heavy atom. The molecule has 0 unspecified atom stereocenters. The molecule has 0 bridgehead atoms. The quantitative estimate of drug-likeness (QED) is 0.474. The van der Waals surface area contributed by atoms with Crippen molar-refractivity contribution < 1.29 is 9.53 Å². The fraction of sp³-hybridized carbons (Fsp3) is 0.333. The number of hydrogen-bond acceptors (Lipinski definition) is 3. The molecule has 0 aliphatic rings. The molecule has 0 amide bonds. The summed E-state index contributed by atoms with van der Waals surface area (Å²) in [5.74, 6) is -0.665. The molecule has 1 aromatic heterocycles. The summed E-state index contributed by atoms with van der Waals surface area (Å²) < 4.78 is 3.05. The van der Waals surface area contributed by atoms with E-state index in [9.17, 15) is 4.79 Å². The van der Waals surface area contributed by atoms with Gasteiger partial charge in [-0.1, -0.05) is 46.4 Å². The molecule has 7 heteroatoms. The lowest BCUT2D eigenvalue weighted by atomic mass is 10.1. The van der Waals surface area contributed by atoms with Crippen molar-refractivity contribution in [1.82, 2.24) is 4.98 Å². The topological polar surface area (TPSA) is 39.2 Å². The maximum absolute atomic E-state index is 11.6. The van der Waals surface area contributed by atoms with Crippen LogP contribution in [-0.2, 0) is 8.53 Å². The molecule has 0 saturated carbocycles. The molecule has 0 fully saturated rings. The molecular formula is C9H7Cl4NO2. The number of esters is 1. The Kier molecular flexibility index (Phi) is 4.68. The van der Waals surface area contributed by atoms with Crippen molar-refractivity contribution in [3.05, 3.63) is 28.5 Å². The van der Waals surface area contributed by atoms with E-state index in [0.717, 1.165) is 0 Å². The summed E-state index contributed by atoms with van der Waals surface area (Å²) in [4.78, 5) is 15.4. The zero-order valence-electron chi connectivity index (χ0n) is 8.14. The average molecular weight is 303 g/mol. The second kappa shape index (κ2) is 5.41. The van der Waals surface area contributed by atoms with Crippen LogP contribution < -0.4 is 0 Å². The Morgan fingerprint density at radius 1 is 1.50 bits per heavy atom. The van der Waals surface area contributed by atoms with E-state index >= 15 is 0 Å². The summed E-state index contributed by atoms with van der Waals surface area (Å²) in [5, 5.41) is -0.0534. The van der Waals surface area contributed by atoms with Gasteiger partial charge in [0.05, 0.1) is 6.61 Å². The van der Waals surface area contributed by atoms with Crippen LogP contribution in [-0.4, -0.2) is 17.6 Å². The predicted molar refractivity (Wildman–Crippen MR) is 64.4 cm³/mol. The lowest BCUT2D eigenvalue weighted by Crippen LogP contribution is -2.14. The van der Waals surface area contributed by atoms with E-state index in [0.29, 0.717) is 0 Å². The van der Waals surface area contributed by atoms with Gasteiger partial charge < -0.3 is 4.74 Å². The third-order valence-electron chi connectivity index (χ3n) is 1.69. The molecule has 0 N–H and O–H groups in total. The first-order valence-electron chi connectivity index (χ1n) is 4.26. The second-order valence-corrected chi connectivity index (χ2v) is 5.38. The number of carbonyl (C=O) groups excluding carboxylic acids is 1. The Hall–Kier alpha value is -0.220. The fourth-order valence-corrected chi connectivity index (χ4v) is 1.78. The Labute approximate surface area is 113 Å². The average Bonchev–Trinajstić information content (AvgIpc) is 2.16. The number of alkyl halides is 3. The first kappa shape index (κ1) is 13.8. The third-order valence-corrected chi connectivity index (χ3v) is 2.59. The Morgan fingerprint density at radius 2 is 2.12 bits per heavy atom. The first-order valence-corrected chi connectivity index (χ1v) is 5.78. The molecule has 0 aliphatic heterocycles. The van der Waals surface area contributed by atoms with Crippen LogP contribution in [0, 0.1) is 0 Å². The molecular weight excluding hydrogens is 296 g/mol. The maximum atomic E-state index is 11.6. The number of hydrogen-bond donors (Lipinski definition) is 0. The zero-order valence-corrected chi connectivity index (χ0v) is 11.2. The van der Waals surface area contributed by atoms with E-state index in [4.69, 9.17) is 51.1 Å². The monoisotopic (exact) mass is 301 g/mol. The van der Waals surface area contributed by atoms with Crippen LogP contribution in [0.5, 0.6) is 0 Å². The Bertz CT molecular complexity index is 403. The molecule has 0 spiro atoms. The minimum atomic E-state index is -1.76. The largest absolute Gasteiger partial charge is 0.462 e. The van der Waals surface area contributed by atoms with Crippen molar-refractivity contribution in [2.24, 2.45) is 0 Å². The van der Waals surface area contributed by atoms with Gasteiger partial charge in [-0.15, -0.1) is 0 Å². The number of pyridine rings is 1. The van der Waals surface area contributed by atoms with Gasteiger partial charge in [-0.25, -0.2) is 9.78 Å². The van der Waals surface area contributed by atoms with Crippen LogP contribution >= 0.6 is 46.4 Å². The van der Waals surface area contributed by atoms with E-state index in [1.165, 1.54) is 12.3 Å². The zero-order chi connectivity index (χ0) is 12.3. The third kappa shape index (κ3) is 3.14. The van der Waals surface area contributed by atoms with Gasteiger partial charge >= 0.3 is 5.97 Å². The molecule has 0 aliphatic carbocycles. The lowest BCUT2D eigenvalue weighted by Gasteiger charge is -2.15. The van der Waals surface area contributed by atoms with Gasteiger partial charge in [-0.05, 0) is 13.0 Å². The van der Waals surface area contributed by atoms with Crippen molar-refractivity contribution in [2.75, 3.05) is 6.61 Å². The molecule has 0 radical (unpaired) electrons. The van der Waals surface area contributed by atoms with E-state index in [2.05, 4.69) is 4.98 Å². The highest BCUT2D eigenvalue weighted by Crippen LogP contribution is 2.41. The van der Waals surface area contributed by atoms with Crippen molar-refractivity contribution in [3.63, 3.8) is 0 Å². The van der Waals surface area contributed by atoms with Gasteiger partial charge in [0.2, 0.25) is 3.79 Å². The van der Waals surface area contributed by atoms with Crippen LogP contribution in [0.25, 0.3) is 0 Å². The molecule has 88 valence electrons. The van der Waals surface area contributed by atoms with E-state index in [1.54, 1.807) is 6.92 Å².